The van der Waals surface area contributed by atoms with Gasteiger partial charge in [0.1, 0.15) is 17.3 Å². The normalized spacial score (nSPS) is 15.6. The Morgan fingerprint density at radius 3 is 1.42 bits per heavy atom. The number of methoxy groups -OCH3 is 1. The van der Waals surface area contributed by atoms with Gasteiger partial charge in [-0.3, -0.25) is 19.2 Å². The zero-order valence-electron chi connectivity index (χ0n) is 42.8. The summed E-state index contributed by atoms with van der Waals surface area (Å²) in [5, 5.41) is 25.3. The predicted molar refractivity (Wildman–Crippen MR) is 276 cm³/mol. The van der Waals surface area contributed by atoms with Gasteiger partial charge in [-0.25, -0.2) is 0 Å². The minimum Gasteiger partial charge on any atom is -0.497 e. The molecular weight excluding hydrogens is 866 g/mol. The largest absolute Gasteiger partial charge is 0.497 e. The van der Waals surface area contributed by atoms with Crippen molar-refractivity contribution >= 4 is 37.6 Å². The van der Waals surface area contributed by atoms with Crippen LogP contribution in [0.2, 0.25) is 11.6 Å². The zero-order chi connectivity index (χ0) is 50.7. The van der Waals surface area contributed by atoms with E-state index in [1.165, 1.54) is 5.56 Å². The zero-order valence-corrected chi connectivity index (χ0v) is 42.8. The van der Waals surface area contributed by atoms with Crippen LogP contribution in [-0.4, -0.2) is 66.0 Å². The fraction of sp³-hybridized carbons (Fsp3) is 0.500. The first-order valence-corrected chi connectivity index (χ1v) is 24.7. The first-order valence-electron chi connectivity index (χ1n) is 24.7. The molecule has 5 rings (SSSR count). The molecule has 4 N–H and O–H groups in total. The minimum absolute atomic E-state index is 0.0485. The fourth-order valence-corrected chi connectivity index (χ4v) is 8.62. The van der Waals surface area contributed by atoms with E-state index in [4.69, 9.17) is 14.0 Å². The average Bonchev–Trinajstić information content (AvgIpc) is 3.53. The lowest BCUT2D eigenvalue weighted by Gasteiger charge is -2.32. The Balaban J connectivity index is 0.000000304. The molecule has 0 spiro atoms. The van der Waals surface area contributed by atoms with Gasteiger partial charge in [0.15, 0.2) is 0 Å². The van der Waals surface area contributed by atoms with Crippen molar-refractivity contribution < 1.29 is 43.3 Å². The summed E-state index contributed by atoms with van der Waals surface area (Å²) < 4.78 is 17.8. The average molecular weight is 945 g/mol. The third-order valence-corrected chi connectivity index (χ3v) is 13.2. The van der Waals surface area contributed by atoms with E-state index < -0.39 is 43.1 Å². The van der Waals surface area contributed by atoms with Crippen molar-refractivity contribution in [1.29, 1.82) is 0 Å². The first-order chi connectivity index (χ1) is 32.6. The summed E-state index contributed by atoms with van der Waals surface area (Å²) in [5.74, 6) is -0.499. The van der Waals surface area contributed by atoms with Crippen molar-refractivity contribution in [1.82, 2.24) is 10.6 Å². The van der Waals surface area contributed by atoms with Gasteiger partial charge >= 0.3 is 14.2 Å². The molecule has 1 fully saturated rings. The molecule has 1 aliphatic heterocycles. The summed E-state index contributed by atoms with van der Waals surface area (Å²) in [6.45, 7) is 19.3. The van der Waals surface area contributed by atoms with Crippen LogP contribution >= 0.6 is 0 Å². The number of nitrogens with one attached hydrogen (secondary N) is 2. The maximum atomic E-state index is 13.4. The van der Waals surface area contributed by atoms with Gasteiger partial charge in [0, 0.05) is 62.2 Å². The lowest BCUT2D eigenvalue weighted by Crippen LogP contribution is -2.41. The SMILES string of the molecule is COc1ccc(CNC(=O)[C@@H](CC(=O)C[C@@H](CC(C)C)B(O)O)Cc2ccccc2)cc1.Cc1ccc(CNC(=O)[C@@H](CC(=O)C[C@@H](CC(C)C)B2OC(C)(C)C(C)(C)O2)Cc2ccccc2)cc1. The standard InChI is InChI=1S/C31H44BNO4.C25H34BNO5/c1-22(2)17-27(32-36-30(4,5)31(6,7)37-32)20-28(34)19-26(18-24-11-9-8-10-12-24)29(35)33-21-25-15-13-23(3)14-16-25;1-18(2)13-22(26(30)31)16-23(28)15-21(14-19-7-5-4-6-8-19)25(29)27-17-20-9-11-24(32-3)12-10-20/h8-16,22,26-27H,17-21H2,1-7H3,(H,33,35);4-12,18,21-22,30-31H,13-17H2,1-3H3,(H,27,29)/t26-,27-;21-,22-/m11/s1. The van der Waals surface area contributed by atoms with E-state index in [-0.39, 0.29) is 54.4 Å². The molecule has 372 valence electrons. The fourth-order valence-electron chi connectivity index (χ4n) is 8.62. The van der Waals surface area contributed by atoms with Gasteiger partial charge in [0.2, 0.25) is 11.8 Å². The number of amides is 2. The highest BCUT2D eigenvalue weighted by molar-refractivity contribution is 6.48. The van der Waals surface area contributed by atoms with E-state index in [9.17, 15) is 29.2 Å². The summed E-state index contributed by atoms with van der Waals surface area (Å²) in [4.78, 5) is 52.5. The highest BCUT2D eigenvalue weighted by Crippen LogP contribution is 2.43. The number of ether oxygens (including phenoxy) is 1. The monoisotopic (exact) mass is 945 g/mol. The molecule has 4 atom stereocenters. The summed E-state index contributed by atoms with van der Waals surface area (Å²) in [6, 6.07) is 35.1. The number of hydrogen-bond donors (Lipinski definition) is 4. The van der Waals surface area contributed by atoms with Gasteiger partial charge < -0.3 is 34.7 Å². The van der Waals surface area contributed by atoms with Crippen LogP contribution in [0.1, 0.15) is 122 Å². The highest BCUT2D eigenvalue weighted by Gasteiger charge is 2.54. The highest BCUT2D eigenvalue weighted by atomic mass is 16.7. The topological polar surface area (TPSA) is 160 Å². The molecule has 0 saturated carbocycles. The van der Waals surface area contributed by atoms with Crippen molar-refractivity contribution in [3.63, 3.8) is 0 Å². The first kappa shape index (κ1) is 56.5. The second-order valence-corrected chi connectivity index (χ2v) is 20.8. The molecule has 0 aliphatic carbocycles. The molecule has 0 unspecified atom stereocenters. The quantitative estimate of drug-likeness (QED) is 0.0475. The Hall–Kier alpha value is -5.07. The lowest BCUT2D eigenvalue weighted by molar-refractivity contribution is -0.129. The molecular formula is C56H78B2N2O9. The Morgan fingerprint density at radius 1 is 0.594 bits per heavy atom. The van der Waals surface area contributed by atoms with Gasteiger partial charge in [-0.2, -0.15) is 0 Å². The maximum absolute atomic E-state index is 13.4. The molecule has 11 nitrogen and oxygen atoms in total. The van der Waals surface area contributed by atoms with E-state index in [1.807, 2.05) is 158 Å². The second kappa shape index (κ2) is 27.4. The Labute approximate surface area is 413 Å². The van der Waals surface area contributed by atoms with Crippen LogP contribution in [-0.2, 0) is 54.4 Å². The predicted octanol–water partition coefficient (Wildman–Crippen LogP) is 9.74. The van der Waals surface area contributed by atoms with E-state index >= 15 is 0 Å². The van der Waals surface area contributed by atoms with Crippen molar-refractivity contribution in [2.75, 3.05) is 7.11 Å². The molecule has 13 heteroatoms. The molecule has 69 heavy (non-hydrogen) atoms. The van der Waals surface area contributed by atoms with Crippen molar-refractivity contribution in [3.8, 4) is 5.75 Å². The second-order valence-electron chi connectivity index (χ2n) is 20.8. The lowest BCUT2D eigenvalue weighted by atomic mass is 9.65. The molecule has 2 amide bonds. The molecule has 1 heterocycles. The van der Waals surface area contributed by atoms with Gasteiger partial charge in [-0.05, 0) is 107 Å². The van der Waals surface area contributed by atoms with Gasteiger partial charge in [-0.15, -0.1) is 0 Å². The van der Waals surface area contributed by atoms with Crippen molar-refractivity contribution in [2.24, 2.45) is 23.7 Å². The van der Waals surface area contributed by atoms with Crippen LogP contribution in [0.5, 0.6) is 5.75 Å². The molecule has 1 aliphatic rings. The number of hydrogen-bond acceptors (Lipinski definition) is 9. The molecule has 0 bridgehead atoms. The van der Waals surface area contributed by atoms with E-state index in [2.05, 4.69) is 24.5 Å². The minimum atomic E-state index is -1.54. The summed E-state index contributed by atoms with van der Waals surface area (Å²) >= 11 is 0. The van der Waals surface area contributed by atoms with E-state index in [1.54, 1.807) is 7.11 Å². The van der Waals surface area contributed by atoms with Crippen LogP contribution in [0.25, 0.3) is 0 Å². The number of ketones is 2. The van der Waals surface area contributed by atoms with Crippen LogP contribution in [0.4, 0.5) is 0 Å². The Morgan fingerprint density at radius 2 is 1.01 bits per heavy atom. The third-order valence-electron chi connectivity index (χ3n) is 13.2. The summed E-state index contributed by atoms with van der Waals surface area (Å²) in [7, 11) is -0.374. The Kier molecular flexibility index (Phi) is 22.4. The number of carbonyl (C=O) groups excluding carboxylic acids is 4. The summed E-state index contributed by atoms with van der Waals surface area (Å²) in [5.41, 5.74) is 4.30. The molecule has 0 radical (unpaired) electrons. The van der Waals surface area contributed by atoms with Gasteiger partial charge in [-0.1, -0.05) is 130 Å². The molecule has 4 aromatic carbocycles. The molecule has 1 saturated heterocycles. The van der Waals surface area contributed by atoms with Gasteiger partial charge in [0.25, 0.3) is 0 Å². The van der Waals surface area contributed by atoms with Crippen molar-refractivity contribution in [2.45, 2.75) is 150 Å². The van der Waals surface area contributed by atoms with E-state index in [0.29, 0.717) is 44.7 Å². The number of rotatable bonds is 25. The number of benzene rings is 4. The Bertz CT molecular complexity index is 2170. The van der Waals surface area contributed by atoms with E-state index in [0.717, 1.165) is 34.4 Å². The van der Waals surface area contributed by atoms with Gasteiger partial charge in [0.05, 0.1) is 18.3 Å². The smallest absolute Gasteiger partial charge is 0.461 e. The van der Waals surface area contributed by atoms with Crippen molar-refractivity contribution in [3.05, 3.63) is 137 Å². The van der Waals surface area contributed by atoms with Crippen LogP contribution in [0.3, 0.4) is 0 Å². The molecule has 4 aromatic rings. The van der Waals surface area contributed by atoms with Crippen LogP contribution in [0, 0.1) is 30.6 Å². The van der Waals surface area contributed by atoms with Crippen LogP contribution in [0.15, 0.2) is 109 Å². The number of carbonyl (C=O) groups is 4. The van der Waals surface area contributed by atoms with Crippen LogP contribution < -0.4 is 15.4 Å². The molecule has 0 aromatic heterocycles. The maximum Gasteiger partial charge on any atom is 0.461 e. The number of aryl methyl sites for hydroxylation is 1. The summed E-state index contributed by atoms with van der Waals surface area (Å²) in [6.07, 6.45) is 2.98. The third kappa shape index (κ3) is 19.3. The number of Topliss-reactive ketones (excluding diaryl/α,β-unsaturated/α-hetero) is 2.